The monoisotopic (exact) mass is 219 g/mol. The van der Waals surface area contributed by atoms with Crippen molar-refractivity contribution in [3.63, 3.8) is 0 Å². The van der Waals surface area contributed by atoms with E-state index < -0.39 is 5.97 Å². The van der Waals surface area contributed by atoms with Crippen molar-refractivity contribution in [1.29, 1.82) is 5.26 Å². The second-order valence-corrected chi connectivity index (χ2v) is 3.22. The molecule has 0 aromatic heterocycles. The number of ether oxygens (including phenoxy) is 1. The first kappa shape index (κ1) is 12.1. The molecule has 0 saturated heterocycles. The molecule has 16 heavy (non-hydrogen) atoms. The second kappa shape index (κ2) is 5.76. The van der Waals surface area contributed by atoms with Gasteiger partial charge in [0.1, 0.15) is 5.75 Å². The van der Waals surface area contributed by atoms with Gasteiger partial charge in [-0.05, 0) is 37.1 Å². The van der Waals surface area contributed by atoms with E-state index in [9.17, 15) is 9.90 Å². The number of phenols is 1. The Balaban J connectivity index is 2.89. The first-order valence-electron chi connectivity index (χ1n) is 5.05. The van der Waals surface area contributed by atoms with Gasteiger partial charge in [0, 0.05) is 6.42 Å². The van der Waals surface area contributed by atoms with Crippen LogP contribution in [0, 0.1) is 11.3 Å². The Morgan fingerprint density at radius 1 is 1.56 bits per heavy atom. The van der Waals surface area contributed by atoms with Crippen LogP contribution in [-0.2, 0) is 11.2 Å². The number of aryl methyl sites for hydroxylation is 1. The van der Waals surface area contributed by atoms with Crippen LogP contribution < -0.4 is 0 Å². The van der Waals surface area contributed by atoms with Crippen LogP contribution in [0.4, 0.5) is 0 Å². The molecule has 1 aromatic carbocycles. The van der Waals surface area contributed by atoms with E-state index >= 15 is 0 Å². The average molecular weight is 219 g/mol. The molecule has 0 aliphatic carbocycles. The lowest BCUT2D eigenvalue weighted by atomic mass is 10.1. The summed E-state index contributed by atoms with van der Waals surface area (Å²) in [4.78, 5) is 11.4. The summed E-state index contributed by atoms with van der Waals surface area (Å²) in [5.41, 5.74) is 0.986. The zero-order valence-electron chi connectivity index (χ0n) is 9.06. The fourth-order valence-electron chi connectivity index (χ4n) is 1.32. The van der Waals surface area contributed by atoms with Gasteiger partial charge in [-0.15, -0.1) is 0 Å². The third-order valence-electron chi connectivity index (χ3n) is 2.10. The van der Waals surface area contributed by atoms with Crippen LogP contribution in [0.25, 0.3) is 0 Å². The van der Waals surface area contributed by atoms with E-state index in [4.69, 9.17) is 10.00 Å². The maximum atomic E-state index is 11.4. The van der Waals surface area contributed by atoms with Crippen LogP contribution in [0.3, 0.4) is 0 Å². The van der Waals surface area contributed by atoms with Crippen LogP contribution in [-0.4, -0.2) is 17.7 Å². The summed E-state index contributed by atoms with van der Waals surface area (Å²) in [5.74, 6) is -0.316. The molecule has 0 atom stereocenters. The SMILES string of the molecule is CCOC(=O)c1ccc(O)c(CCC#N)c1. The van der Waals surface area contributed by atoms with Crippen molar-refractivity contribution < 1.29 is 14.6 Å². The predicted molar refractivity (Wildman–Crippen MR) is 58.0 cm³/mol. The molecular weight excluding hydrogens is 206 g/mol. The van der Waals surface area contributed by atoms with Crippen molar-refractivity contribution in [1.82, 2.24) is 0 Å². The molecule has 0 amide bonds. The minimum atomic E-state index is -0.416. The highest BCUT2D eigenvalue weighted by Crippen LogP contribution is 2.20. The van der Waals surface area contributed by atoms with Crippen molar-refractivity contribution in [3.8, 4) is 11.8 Å². The van der Waals surface area contributed by atoms with Crippen LogP contribution in [0.2, 0.25) is 0 Å². The van der Waals surface area contributed by atoms with Crippen molar-refractivity contribution in [3.05, 3.63) is 29.3 Å². The highest BCUT2D eigenvalue weighted by Gasteiger charge is 2.09. The Hall–Kier alpha value is -2.02. The summed E-state index contributed by atoms with van der Waals surface area (Å²) in [7, 11) is 0. The van der Waals surface area contributed by atoms with Crippen LogP contribution >= 0.6 is 0 Å². The summed E-state index contributed by atoms with van der Waals surface area (Å²) in [6.45, 7) is 2.04. The van der Waals surface area contributed by atoms with Gasteiger partial charge >= 0.3 is 5.97 Å². The number of esters is 1. The van der Waals surface area contributed by atoms with Gasteiger partial charge in [0.25, 0.3) is 0 Å². The van der Waals surface area contributed by atoms with Crippen molar-refractivity contribution in [2.45, 2.75) is 19.8 Å². The smallest absolute Gasteiger partial charge is 0.338 e. The predicted octanol–water partition coefficient (Wildman–Crippen LogP) is 2.03. The number of carbonyl (C=O) groups excluding carboxylic acids is 1. The molecule has 0 bridgehead atoms. The minimum absolute atomic E-state index is 0.100. The number of rotatable bonds is 4. The van der Waals surface area contributed by atoms with Gasteiger partial charge in [-0.3, -0.25) is 0 Å². The third-order valence-corrected chi connectivity index (χ3v) is 2.10. The molecule has 0 radical (unpaired) electrons. The molecule has 84 valence electrons. The molecule has 1 rings (SSSR count). The van der Waals surface area contributed by atoms with Gasteiger partial charge in [0.2, 0.25) is 0 Å². The number of nitrogens with zero attached hydrogens (tertiary/aromatic N) is 1. The lowest BCUT2D eigenvalue weighted by molar-refractivity contribution is 0.0526. The van der Waals surface area contributed by atoms with Crippen LogP contribution in [0.1, 0.15) is 29.3 Å². The molecule has 1 aromatic rings. The van der Waals surface area contributed by atoms with E-state index in [2.05, 4.69) is 0 Å². The largest absolute Gasteiger partial charge is 0.508 e. The fraction of sp³-hybridized carbons (Fsp3) is 0.333. The van der Waals surface area contributed by atoms with Crippen LogP contribution in [0.15, 0.2) is 18.2 Å². The normalized spacial score (nSPS) is 9.50. The minimum Gasteiger partial charge on any atom is -0.508 e. The summed E-state index contributed by atoms with van der Waals surface area (Å²) >= 11 is 0. The number of aromatic hydroxyl groups is 1. The average Bonchev–Trinajstić information content (AvgIpc) is 2.28. The van der Waals surface area contributed by atoms with Gasteiger partial charge in [-0.2, -0.15) is 5.26 Å². The Labute approximate surface area is 94.1 Å². The van der Waals surface area contributed by atoms with E-state index in [1.54, 1.807) is 13.0 Å². The summed E-state index contributed by atoms with van der Waals surface area (Å²) in [6, 6.07) is 6.50. The number of phenolic OH excluding ortho intramolecular Hbond substituents is 1. The first-order chi connectivity index (χ1) is 7.69. The number of carbonyl (C=O) groups is 1. The zero-order chi connectivity index (χ0) is 12.0. The maximum Gasteiger partial charge on any atom is 0.338 e. The topological polar surface area (TPSA) is 70.3 Å². The maximum absolute atomic E-state index is 11.4. The zero-order valence-corrected chi connectivity index (χ0v) is 9.06. The first-order valence-corrected chi connectivity index (χ1v) is 5.05. The molecule has 1 N–H and O–H groups in total. The molecule has 4 heteroatoms. The highest BCUT2D eigenvalue weighted by atomic mass is 16.5. The molecule has 4 nitrogen and oxygen atoms in total. The Kier molecular flexibility index (Phi) is 4.34. The third kappa shape index (κ3) is 2.99. The highest BCUT2D eigenvalue weighted by molar-refractivity contribution is 5.89. The summed E-state index contributed by atoms with van der Waals surface area (Å²) < 4.78 is 4.84. The molecule has 0 spiro atoms. The van der Waals surface area contributed by atoms with Gasteiger partial charge in [0.15, 0.2) is 0 Å². The van der Waals surface area contributed by atoms with E-state index in [1.165, 1.54) is 12.1 Å². The van der Waals surface area contributed by atoms with Crippen molar-refractivity contribution in [2.24, 2.45) is 0 Å². The Morgan fingerprint density at radius 2 is 2.31 bits per heavy atom. The molecule has 0 heterocycles. The number of nitriles is 1. The number of benzene rings is 1. The second-order valence-electron chi connectivity index (χ2n) is 3.22. The standard InChI is InChI=1S/C12H13NO3/c1-2-16-12(15)10-5-6-11(14)9(8-10)4-3-7-13/h5-6,8,14H,2-4H2,1H3. The van der Waals surface area contributed by atoms with E-state index in [0.717, 1.165) is 0 Å². The summed E-state index contributed by atoms with van der Waals surface area (Å²) in [5, 5.41) is 18.0. The van der Waals surface area contributed by atoms with Gasteiger partial charge in [-0.25, -0.2) is 4.79 Å². The molecule has 0 aliphatic heterocycles. The lowest BCUT2D eigenvalue weighted by Crippen LogP contribution is -2.05. The Bertz CT molecular complexity index is 421. The fourth-order valence-corrected chi connectivity index (χ4v) is 1.32. The van der Waals surface area contributed by atoms with E-state index in [0.29, 0.717) is 30.6 Å². The number of hydrogen-bond donors (Lipinski definition) is 1. The quantitative estimate of drug-likeness (QED) is 0.786. The molecular formula is C12H13NO3. The van der Waals surface area contributed by atoms with Crippen molar-refractivity contribution in [2.75, 3.05) is 6.61 Å². The van der Waals surface area contributed by atoms with E-state index in [-0.39, 0.29) is 5.75 Å². The lowest BCUT2D eigenvalue weighted by Gasteiger charge is -2.05. The van der Waals surface area contributed by atoms with Gasteiger partial charge in [0.05, 0.1) is 18.2 Å². The van der Waals surface area contributed by atoms with E-state index in [1.807, 2.05) is 6.07 Å². The van der Waals surface area contributed by atoms with Crippen molar-refractivity contribution >= 4 is 5.97 Å². The molecule has 0 fully saturated rings. The van der Waals surface area contributed by atoms with Gasteiger partial charge in [-0.1, -0.05) is 0 Å². The van der Waals surface area contributed by atoms with Crippen LogP contribution in [0.5, 0.6) is 5.75 Å². The summed E-state index contributed by atoms with van der Waals surface area (Å²) in [6.07, 6.45) is 0.732. The van der Waals surface area contributed by atoms with Gasteiger partial charge < -0.3 is 9.84 Å². The Morgan fingerprint density at radius 3 is 2.94 bits per heavy atom. The molecule has 0 aliphatic rings. The molecule has 0 saturated carbocycles. The number of hydrogen-bond acceptors (Lipinski definition) is 4. The molecule has 0 unspecified atom stereocenters.